The Bertz CT molecular complexity index is 1290. The van der Waals surface area contributed by atoms with Crippen LogP contribution in [0.2, 0.25) is 0 Å². The Balaban J connectivity index is 1.33. The molecule has 3 aromatic heterocycles. The molecule has 0 spiro atoms. The molecule has 1 unspecified atom stereocenters. The molecule has 1 aliphatic rings. The second-order valence-corrected chi connectivity index (χ2v) is 9.00. The predicted octanol–water partition coefficient (Wildman–Crippen LogP) is 5.10. The number of nitrogens with one attached hydrogen (secondary N) is 1. The van der Waals surface area contributed by atoms with Crippen molar-refractivity contribution in [3.63, 3.8) is 0 Å². The van der Waals surface area contributed by atoms with E-state index in [2.05, 4.69) is 58.2 Å². The topological polar surface area (TPSA) is 82.0 Å². The molecule has 33 heavy (non-hydrogen) atoms. The minimum absolute atomic E-state index is 0.0917. The molecule has 1 aromatic carbocycles. The number of anilines is 1. The molecular weight excluding hydrogens is 414 g/mol. The third-order valence-electron chi connectivity index (χ3n) is 6.39. The van der Waals surface area contributed by atoms with Gasteiger partial charge in [-0.3, -0.25) is 4.98 Å². The number of hydrogen-bond donors (Lipinski definition) is 1. The summed E-state index contributed by atoms with van der Waals surface area (Å²) in [5, 5.41) is 4.59. The quantitative estimate of drug-likeness (QED) is 0.446. The van der Waals surface area contributed by atoms with E-state index < -0.39 is 0 Å². The van der Waals surface area contributed by atoms with Gasteiger partial charge in [-0.2, -0.15) is 0 Å². The van der Waals surface area contributed by atoms with E-state index in [-0.39, 0.29) is 11.3 Å². The second-order valence-electron chi connectivity index (χ2n) is 9.00. The van der Waals surface area contributed by atoms with Crippen molar-refractivity contribution in [3.8, 4) is 22.9 Å². The van der Waals surface area contributed by atoms with E-state index >= 15 is 0 Å². The maximum absolute atomic E-state index is 5.89. The lowest BCUT2D eigenvalue weighted by Gasteiger charge is -2.34. The summed E-state index contributed by atoms with van der Waals surface area (Å²) in [4.78, 5) is 17.8. The van der Waals surface area contributed by atoms with Gasteiger partial charge in [-0.15, -0.1) is 0 Å². The standard InChI is InChI=1S/C26H27N5O2/c1-17(20-8-9-27-25-24(20)32-10-11-33-25)26(2,3)15-29-23-13-22(30-16-31-23)19-12-18-6-4-5-7-21(18)28-14-19/h4-9,12-14,16-17H,10-11,15H2,1-3H3,(H,29,30,31). The van der Waals surface area contributed by atoms with Crippen LogP contribution in [0, 0.1) is 5.41 Å². The third kappa shape index (κ3) is 4.31. The van der Waals surface area contributed by atoms with Crippen LogP contribution in [0.25, 0.3) is 22.2 Å². The molecule has 4 heterocycles. The first-order valence-electron chi connectivity index (χ1n) is 11.2. The normalized spacial score (nSPS) is 14.2. The van der Waals surface area contributed by atoms with Crippen molar-refractivity contribution in [2.75, 3.05) is 25.1 Å². The maximum atomic E-state index is 5.89. The van der Waals surface area contributed by atoms with Crippen LogP contribution in [-0.4, -0.2) is 39.7 Å². The van der Waals surface area contributed by atoms with E-state index in [1.165, 1.54) is 0 Å². The molecule has 4 aromatic rings. The Morgan fingerprint density at radius 1 is 1.00 bits per heavy atom. The first-order valence-corrected chi connectivity index (χ1v) is 11.2. The summed E-state index contributed by atoms with van der Waals surface area (Å²) in [6.07, 6.45) is 5.24. The number of nitrogens with zero attached hydrogens (tertiary/aromatic N) is 4. The lowest BCUT2D eigenvalue weighted by atomic mass is 9.76. The lowest BCUT2D eigenvalue weighted by molar-refractivity contribution is 0.159. The van der Waals surface area contributed by atoms with Crippen molar-refractivity contribution >= 4 is 16.7 Å². The van der Waals surface area contributed by atoms with E-state index in [0.717, 1.165) is 45.8 Å². The van der Waals surface area contributed by atoms with Crippen molar-refractivity contribution in [1.29, 1.82) is 0 Å². The molecule has 0 aliphatic carbocycles. The van der Waals surface area contributed by atoms with Crippen LogP contribution in [0.4, 0.5) is 5.82 Å². The molecule has 7 nitrogen and oxygen atoms in total. The fourth-order valence-electron chi connectivity index (χ4n) is 4.03. The minimum Gasteiger partial charge on any atom is -0.484 e. The van der Waals surface area contributed by atoms with E-state index in [4.69, 9.17) is 9.47 Å². The Labute approximate surface area is 193 Å². The molecule has 5 rings (SSSR count). The van der Waals surface area contributed by atoms with Crippen molar-refractivity contribution in [1.82, 2.24) is 19.9 Å². The molecule has 0 amide bonds. The SMILES string of the molecule is CC(c1ccnc2c1OCCO2)C(C)(C)CNc1cc(-c2cnc3ccccc3c2)ncn1. The summed E-state index contributed by atoms with van der Waals surface area (Å²) in [7, 11) is 0. The van der Waals surface area contributed by atoms with Crippen LogP contribution < -0.4 is 14.8 Å². The van der Waals surface area contributed by atoms with E-state index in [1.807, 2.05) is 36.5 Å². The molecule has 0 saturated carbocycles. The number of ether oxygens (including phenoxy) is 2. The zero-order chi connectivity index (χ0) is 22.8. The van der Waals surface area contributed by atoms with Crippen LogP contribution in [0.5, 0.6) is 11.6 Å². The summed E-state index contributed by atoms with van der Waals surface area (Å²) in [6.45, 7) is 8.48. The highest BCUT2D eigenvalue weighted by Gasteiger charge is 2.31. The molecule has 0 radical (unpaired) electrons. The highest BCUT2D eigenvalue weighted by Crippen LogP contribution is 2.43. The maximum Gasteiger partial charge on any atom is 0.257 e. The van der Waals surface area contributed by atoms with Gasteiger partial charge >= 0.3 is 0 Å². The van der Waals surface area contributed by atoms with Gasteiger partial charge < -0.3 is 14.8 Å². The van der Waals surface area contributed by atoms with Crippen molar-refractivity contribution in [2.45, 2.75) is 26.7 Å². The first-order chi connectivity index (χ1) is 16.0. The predicted molar refractivity (Wildman–Crippen MR) is 129 cm³/mol. The minimum atomic E-state index is -0.0917. The van der Waals surface area contributed by atoms with E-state index in [1.54, 1.807) is 12.5 Å². The molecule has 1 aliphatic heterocycles. The van der Waals surface area contributed by atoms with Gasteiger partial charge in [0.15, 0.2) is 5.75 Å². The average Bonchev–Trinajstić information content (AvgIpc) is 2.86. The number of fused-ring (bicyclic) bond motifs is 2. The number of benzene rings is 1. The van der Waals surface area contributed by atoms with Crippen molar-refractivity contribution in [3.05, 3.63) is 66.7 Å². The number of pyridine rings is 2. The number of para-hydroxylation sites is 1. The molecule has 1 N–H and O–H groups in total. The molecular formula is C26H27N5O2. The van der Waals surface area contributed by atoms with Gasteiger partial charge in [-0.05, 0) is 29.5 Å². The number of rotatable bonds is 6. The van der Waals surface area contributed by atoms with E-state index in [0.29, 0.717) is 19.1 Å². The fraction of sp³-hybridized carbons (Fsp3) is 0.308. The smallest absolute Gasteiger partial charge is 0.257 e. The molecule has 0 saturated heterocycles. The summed E-state index contributed by atoms with van der Waals surface area (Å²) in [5.74, 6) is 2.33. The Morgan fingerprint density at radius 3 is 2.76 bits per heavy atom. The van der Waals surface area contributed by atoms with Crippen LogP contribution in [0.3, 0.4) is 0 Å². The fourth-order valence-corrected chi connectivity index (χ4v) is 4.03. The summed E-state index contributed by atoms with van der Waals surface area (Å²) in [5.41, 5.74) is 3.79. The Kier molecular flexibility index (Phi) is 5.54. The van der Waals surface area contributed by atoms with Gasteiger partial charge in [-0.25, -0.2) is 15.0 Å². The van der Waals surface area contributed by atoms with Crippen molar-refractivity contribution < 1.29 is 9.47 Å². The highest BCUT2D eigenvalue weighted by molar-refractivity contribution is 5.83. The van der Waals surface area contributed by atoms with Gasteiger partial charge in [0, 0.05) is 41.5 Å². The molecule has 0 fully saturated rings. The number of aromatic nitrogens is 4. The second kappa shape index (κ2) is 8.65. The van der Waals surface area contributed by atoms with Gasteiger partial charge in [0.25, 0.3) is 5.88 Å². The van der Waals surface area contributed by atoms with Crippen LogP contribution in [-0.2, 0) is 0 Å². The van der Waals surface area contributed by atoms with E-state index in [9.17, 15) is 0 Å². The van der Waals surface area contributed by atoms with Crippen LogP contribution in [0.1, 0.15) is 32.3 Å². The van der Waals surface area contributed by atoms with Gasteiger partial charge in [-0.1, -0.05) is 39.0 Å². The highest BCUT2D eigenvalue weighted by atomic mass is 16.6. The summed E-state index contributed by atoms with van der Waals surface area (Å²) < 4.78 is 11.6. The zero-order valence-electron chi connectivity index (χ0n) is 19.1. The first kappa shape index (κ1) is 21.1. The molecule has 1 atom stereocenters. The number of hydrogen-bond acceptors (Lipinski definition) is 7. The molecule has 7 heteroatoms. The summed E-state index contributed by atoms with van der Waals surface area (Å²) in [6, 6.07) is 14.2. The average molecular weight is 442 g/mol. The summed E-state index contributed by atoms with van der Waals surface area (Å²) >= 11 is 0. The zero-order valence-corrected chi connectivity index (χ0v) is 19.1. The Hall–Kier alpha value is -3.74. The lowest BCUT2D eigenvalue weighted by Crippen LogP contribution is -2.30. The largest absolute Gasteiger partial charge is 0.484 e. The van der Waals surface area contributed by atoms with Crippen LogP contribution in [0.15, 0.2) is 61.2 Å². The Morgan fingerprint density at radius 2 is 1.85 bits per heavy atom. The van der Waals surface area contributed by atoms with Gasteiger partial charge in [0.05, 0.1) is 11.2 Å². The van der Waals surface area contributed by atoms with Crippen molar-refractivity contribution in [2.24, 2.45) is 5.41 Å². The van der Waals surface area contributed by atoms with Gasteiger partial charge in [0.1, 0.15) is 25.4 Å². The molecule has 0 bridgehead atoms. The van der Waals surface area contributed by atoms with Gasteiger partial charge in [0.2, 0.25) is 0 Å². The molecule has 168 valence electrons. The monoisotopic (exact) mass is 441 g/mol. The third-order valence-corrected chi connectivity index (χ3v) is 6.39. The van der Waals surface area contributed by atoms with Crippen LogP contribution >= 0.6 is 0 Å².